The zero-order valence-corrected chi connectivity index (χ0v) is 9.92. The molecule has 1 amide bonds. The van der Waals surface area contributed by atoms with Crippen LogP contribution in [0.25, 0.3) is 0 Å². The molecule has 1 rings (SSSR count). The minimum atomic E-state index is -4.46. The Labute approximate surface area is 98.9 Å². The number of likely N-dealkylation sites (tertiary alicyclic amines) is 1. The van der Waals surface area contributed by atoms with Gasteiger partial charge in [-0.25, -0.2) is 4.79 Å². The Hall–Kier alpha value is -0.940. The quantitative estimate of drug-likeness (QED) is 0.755. The zero-order valence-electron chi connectivity index (χ0n) is 9.92. The van der Waals surface area contributed by atoms with Gasteiger partial charge in [0.1, 0.15) is 0 Å². The molecule has 0 radical (unpaired) electrons. The predicted molar refractivity (Wildman–Crippen MR) is 56.7 cm³/mol. The van der Waals surface area contributed by atoms with Gasteiger partial charge < -0.3 is 9.64 Å². The van der Waals surface area contributed by atoms with Crippen molar-refractivity contribution in [3.05, 3.63) is 0 Å². The van der Waals surface area contributed by atoms with Gasteiger partial charge >= 0.3 is 12.3 Å². The fourth-order valence-corrected chi connectivity index (χ4v) is 2.07. The molecule has 1 heterocycles. The van der Waals surface area contributed by atoms with Gasteiger partial charge in [-0.3, -0.25) is 0 Å². The summed E-state index contributed by atoms with van der Waals surface area (Å²) >= 11 is 0. The lowest BCUT2D eigenvalue weighted by molar-refractivity contribution is -0.162. The van der Waals surface area contributed by atoms with Crippen LogP contribution >= 0.6 is 0 Å². The van der Waals surface area contributed by atoms with E-state index in [-0.39, 0.29) is 6.04 Å². The third kappa shape index (κ3) is 4.83. The summed E-state index contributed by atoms with van der Waals surface area (Å²) in [4.78, 5) is 13.0. The van der Waals surface area contributed by atoms with E-state index in [1.807, 2.05) is 6.92 Å². The summed E-state index contributed by atoms with van der Waals surface area (Å²) in [6.45, 7) is 0.925. The molecule has 0 aromatic heterocycles. The molecule has 17 heavy (non-hydrogen) atoms. The Morgan fingerprint density at radius 1 is 1.35 bits per heavy atom. The average Bonchev–Trinajstić information content (AvgIpc) is 2.49. The average molecular weight is 253 g/mol. The molecule has 3 nitrogen and oxygen atoms in total. The predicted octanol–water partition coefficient (Wildman–Crippen LogP) is 3.34. The van der Waals surface area contributed by atoms with Crippen LogP contribution in [0.15, 0.2) is 0 Å². The highest BCUT2D eigenvalue weighted by Crippen LogP contribution is 2.21. The largest absolute Gasteiger partial charge is 0.440 e. The second kappa shape index (κ2) is 6.12. The highest BCUT2D eigenvalue weighted by Gasteiger charge is 2.32. The maximum atomic E-state index is 11.9. The van der Waals surface area contributed by atoms with Crippen LogP contribution in [0.5, 0.6) is 0 Å². The van der Waals surface area contributed by atoms with Crippen molar-refractivity contribution < 1.29 is 22.7 Å². The van der Waals surface area contributed by atoms with Gasteiger partial charge in [-0.1, -0.05) is 19.8 Å². The first-order valence-electron chi connectivity index (χ1n) is 5.94. The van der Waals surface area contributed by atoms with Crippen molar-refractivity contribution >= 4 is 6.09 Å². The lowest BCUT2D eigenvalue weighted by atomic mass is 10.1. The molecular weight excluding hydrogens is 235 g/mol. The molecule has 0 aliphatic carbocycles. The van der Waals surface area contributed by atoms with Crippen molar-refractivity contribution in [2.45, 2.75) is 51.2 Å². The van der Waals surface area contributed by atoms with Gasteiger partial charge in [0.25, 0.3) is 0 Å². The Balaban J connectivity index is 2.52. The summed E-state index contributed by atoms with van der Waals surface area (Å²) < 4.78 is 40.1. The number of hydrogen-bond donors (Lipinski definition) is 0. The van der Waals surface area contributed by atoms with Crippen LogP contribution in [-0.2, 0) is 4.74 Å². The van der Waals surface area contributed by atoms with Gasteiger partial charge in [0.05, 0.1) is 0 Å². The second-order valence-corrected chi connectivity index (χ2v) is 4.27. The molecule has 0 aromatic carbocycles. The van der Waals surface area contributed by atoms with Crippen molar-refractivity contribution in [2.24, 2.45) is 0 Å². The Morgan fingerprint density at radius 2 is 2.06 bits per heavy atom. The SMILES string of the molecule is CCC1CCCCCN1C(=O)OCC(F)(F)F. The molecule has 0 bridgehead atoms. The zero-order chi connectivity index (χ0) is 12.9. The Bertz CT molecular complexity index is 256. The highest BCUT2D eigenvalue weighted by atomic mass is 19.4. The first-order valence-corrected chi connectivity index (χ1v) is 5.94. The summed E-state index contributed by atoms with van der Waals surface area (Å²) in [6, 6.07) is 0.0123. The monoisotopic (exact) mass is 253 g/mol. The van der Waals surface area contributed by atoms with E-state index < -0.39 is 18.9 Å². The minimum Gasteiger partial charge on any atom is -0.440 e. The molecule has 0 spiro atoms. The molecule has 0 N–H and O–H groups in total. The summed E-state index contributed by atoms with van der Waals surface area (Å²) in [6.07, 6.45) is -0.836. The first kappa shape index (κ1) is 14.1. The van der Waals surface area contributed by atoms with E-state index >= 15 is 0 Å². The second-order valence-electron chi connectivity index (χ2n) is 4.27. The van der Waals surface area contributed by atoms with Crippen LogP contribution in [0, 0.1) is 0 Å². The maximum Gasteiger partial charge on any atom is 0.422 e. The van der Waals surface area contributed by atoms with Gasteiger partial charge in [-0.15, -0.1) is 0 Å². The van der Waals surface area contributed by atoms with Gasteiger partial charge in [0, 0.05) is 12.6 Å². The molecule has 1 saturated heterocycles. The van der Waals surface area contributed by atoms with E-state index in [4.69, 9.17) is 0 Å². The topological polar surface area (TPSA) is 29.5 Å². The molecule has 6 heteroatoms. The maximum absolute atomic E-state index is 11.9. The Kier molecular flexibility index (Phi) is 5.08. The number of carbonyl (C=O) groups excluding carboxylic acids is 1. The summed E-state index contributed by atoms with van der Waals surface area (Å²) in [5.41, 5.74) is 0. The summed E-state index contributed by atoms with van der Waals surface area (Å²) in [7, 11) is 0. The molecule has 0 aromatic rings. The van der Waals surface area contributed by atoms with E-state index in [0.717, 1.165) is 32.1 Å². The van der Waals surface area contributed by atoms with Crippen molar-refractivity contribution in [1.82, 2.24) is 4.90 Å². The molecule has 1 aliphatic rings. The molecule has 1 fully saturated rings. The van der Waals surface area contributed by atoms with Crippen molar-refractivity contribution in [3.63, 3.8) is 0 Å². The Morgan fingerprint density at radius 3 is 2.65 bits per heavy atom. The van der Waals surface area contributed by atoms with E-state index in [1.54, 1.807) is 0 Å². The van der Waals surface area contributed by atoms with E-state index in [0.29, 0.717) is 6.54 Å². The minimum absolute atomic E-state index is 0.0123. The van der Waals surface area contributed by atoms with Crippen molar-refractivity contribution in [2.75, 3.05) is 13.2 Å². The van der Waals surface area contributed by atoms with E-state index in [1.165, 1.54) is 4.90 Å². The molecule has 1 atom stereocenters. The lowest BCUT2D eigenvalue weighted by Gasteiger charge is -2.28. The standard InChI is InChI=1S/C11H18F3NO2/c1-2-9-6-4-3-5-7-15(9)10(16)17-8-11(12,13)14/h9H,2-8H2,1H3. The number of ether oxygens (including phenoxy) is 1. The van der Waals surface area contributed by atoms with Crippen LogP contribution in [0.4, 0.5) is 18.0 Å². The number of halogens is 3. The van der Waals surface area contributed by atoms with Crippen LogP contribution in [-0.4, -0.2) is 36.4 Å². The fourth-order valence-electron chi connectivity index (χ4n) is 2.07. The molecule has 100 valence electrons. The van der Waals surface area contributed by atoms with Crippen LogP contribution in [0.3, 0.4) is 0 Å². The normalized spacial score (nSPS) is 22.1. The van der Waals surface area contributed by atoms with Gasteiger partial charge in [-0.2, -0.15) is 13.2 Å². The van der Waals surface area contributed by atoms with Crippen LogP contribution in [0.2, 0.25) is 0 Å². The van der Waals surface area contributed by atoms with Gasteiger partial charge in [-0.05, 0) is 19.3 Å². The summed E-state index contributed by atoms with van der Waals surface area (Å²) in [5.74, 6) is 0. The third-order valence-corrected chi connectivity index (χ3v) is 2.94. The third-order valence-electron chi connectivity index (χ3n) is 2.94. The summed E-state index contributed by atoms with van der Waals surface area (Å²) in [5, 5.41) is 0. The molecule has 0 saturated carbocycles. The number of hydrogen-bond acceptors (Lipinski definition) is 2. The molecule has 1 aliphatic heterocycles. The fraction of sp³-hybridized carbons (Fsp3) is 0.909. The number of rotatable bonds is 2. The van der Waals surface area contributed by atoms with Crippen molar-refractivity contribution in [1.29, 1.82) is 0 Å². The number of amides is 1. The van der Waals surface area contributed by atoms with E-state index in [2.05, 4.69) is 4.74 Å². The van der Waals surface area contributed by atoms with Crippen molar-refractivity contribution in [3.8, 4) is 0 Å². The first-order chi connectivity index (χ1) is 7.94. The van der Waals surface area contributed by atoms with Crippen LogP contribution < -0.4 is 0 Å². The van der Waals surface area contributed by atoms with E-state index in [9.17, 15) is 18.0 Å². The molecular formula is C11H18F3NO2. The van der Waals surface area contributed by atoms with Crippen LogP contribution in [0.1, 0.15) is 39.0 Å². The molecule has 1 unspecified atom stereocenters. The number of nitrogens with zero attached hydrogens (tertiary/aromatic N) is 1. The lowest BCUT2D eigenvalue weighted by Crippen LogP contribution is -2.41. The smallest absolute Gasteiger partial charge is 0.422 e. The number of carbonyl (C=O) groups is 1. The number of alkyl halides is 3. The van der Waals surface area contributed by atoms with Gasteiger partial charge in [0.15, 0.2) is 6.61 Å². The van der Waals surface area contributed by atoms with Gasteiger partial charge in [0.2, 0.25) is 0 Å². The highest BCUT2D eigenvalue weighted by molar-refractivity contribution is 5.68.